The Balaban J connectivity index is -0.0000000480. The van der Waals surface area contributed by atoms with Crippen molar-refractivity contribution in [3.8, 4) is 0 Å². The fourth-order valence-electron chi connectivity index (χ4n) is 0. The van der Waals surface area contributed by atoms with Crippen LogP contribution in [0.4, 0.5) is 0 Å². The Labute approximate surface area is 69.8 Å². The van der Waals surface area contributed by atoms with Crippen molar-refractivity contribution in [3.63, 3.8) is 0 Å². The average molecular weight is 132 g/mol. The summed E-state index contributed by atoms with van der Waals surface area (Å²) in [6.45, 7) is 0. The molecule has 0 N–H and O–H groups in total. The van der Waals surface area contributed by atoms with Crippen molar-refractivity contribution in [2.45, 2.75) is 0 Å². The molecule has 2 nitrogen and oxygen atoms in total. The summed E-state index contributed by atoms with van der Waals surface area (Å²) in [6.07, 6.45) is 3.28. The van der Waals surface area contributed by atoms with Crippen LogP contribution in [-0.4, -0.2) is 24.2 Å². The second-order valence-electron chi connectivity index (χ2n) is 0.742. The molecule has 0 amide bonds. The summed E-state index contributed by atoms with van der Waals surface area (Å²) >= 11 is -0.611. The molecule has 0 aliphatic heterocycles. The average Bonchev–Trinajstić information content (AvgIpc) is 1.41. The van der Waals surface area contributed by atoms with Crippen LogP contribution in [0.3, 0.4) is 0 Å². The minimum absolute atomic E-state index is 0. The van der Waals surface area contributed by atoms with Gasteiger partial charge in [0.2, 0.25) is 0 Å². The van der Waals surface area contributed by atoms with Crippen LogP contribution in [0.1, 0.15) is 0 Å². The number of hydrogen-bond acceptors (Lipinski definition) is 2. The van der Waals surface area contributed by atoms with Gasteiger partial charge in [-0.2, -0.15) is 7.11 Å². The predicted molar refractivity (Wildman–Crippen MR) is 25.9 cm³/mol. The Bertz CT molecular complexity index is 17.7. The summed E-state index contributed by atoms with van der Waals surface area (Å²) in [7, 11) is 0.750. The molecule has 0 saturated carbocycles. The maximum Gasteiger partial charge on any atom is 1.00 e. The minimum atomic E-state index is -0.611. The van der Waals surface area contributed by atoms with Gasteiger partial charge in [0.25, 0.3) is 0 Å². The van der Waals surface area contributed by atoms with Gasteiger partial charge in [0.1, 0.15) is 0 Å². The largest absolute Gasteiger partial charge is 1.00 e. The normalized spacial score (nSPS) is 6.00. The predicted octanol–water partition coefficient (Wildman–Crippen LogP) is -4.02. The van der Waals surface area contributed by atoms with Crippen LogP contribution in [0.5, 0.6) is 0 Å². The molecular weight excluding hydrogens is 123 g/mol. The van der Waals surface area contributed by atoms with Crippen LogP contribution in [-0.2, 0) is 11.2 Å². The first-order valence-corrected chi connectivity index (χ1v) is 3.36. The van der Waals surface area contributed by atoms with E-state index in [1.165, 1.54) is 0 Å². The standard InChI is InChI=1S/C2H6OS.CH3O.Na/c1-4(2)3;1-2;/h1-2H3;1H3;/q;-1;+1. The monoisotopic (exact) mass is 132 g/mol. The summed E-state index contributed by atoms with van der Waals surface area (Å²) in [6, 6.07) is 0. The van der Waals surface area contributed by atoms with E-state index in [0.717, 1.165) is 7.11 Å². The third-order valence-electron chi connectivity index (χ3n) is 0. The first-order valence-electron chi connectivity index (χ1n) is 1.39. The summed E-state index contributed by atoms with van der Waals surface area (Å²) in [5.41, 5.74) is 0. The molecule has 0 aliphatic carbocycles. The van der Waals surface area contributed by atoms with Gasteiger partial charge in [-0.15, -0.1) is 0 Å². The molecule has 0 radical (unpaired) electrons. The first kappa shape index (κ1) is 15.7. The summed E-state index contributed by atoms with van der Waals surface area (Å²) in [4.78, 5) is 0. The third kappa shape index (κ3) is 125. The van der Waals surface area contributed by atoms with Crippen LogP contribution < -0.4 is 34.7 Å². The van der Waals surface area contributed by atoms with E-state index in [-0.39, 0.29) is 29.6 Å². The SMILES string of the molecule is C[O-].C[S+](C)[O-].[Na+]. The molecule has 0 atom stereocenters. The van der Waals surface area contributed by atoms with Crippen LogP contribution in [0.15, 0.2) is 0 Å². The van der Waals surface area contributed by atoms with Crippen molar-refractivity contribution < 1.29 is 39.2 Å². The fourth-order valence-corrected chi connectivity index (χ4v) is 0. The van der Waals surface area contributed by atoms with E-state index < -0.39 is 11.2 Å². The van der Waals surface area contributed by atoms with E-state index in [1.807, 2.05) is 0 Å². The van der Waals surface area contributed by atoms with Gasteiger partial charge in [-0.1, -0.05) is 11.2 Å². The van der Waals surface area contributed by atoms with Gasteiger partial charge in [-0.05, 0) is 0 Å². The van der Waals surface area contributed by atoms with E-state index in [4.69, 9.17) is 5.11 Å². The third-order valence-corrected chi connectivity index (χ3v) is 0. The smallest absolute Gasteiger partial charge is 0.857 e. The summed E-state index contributed by atoms with van der Waals surface area (Å²) in [5, 5.41) is 8.25. The zero-order valence-electron chi connectivity index (χ0n) is 5.22. The molecule has 0 rings (SSSR count). The second kappa shape index (κ2) is 15.7. The van der Waals surface area contributed by atoms with Crippen molar-refractivity contribution in [1.29, 1.82) is 0 Å². The van der Waals surface area contributed by atoms with Gasteiger partial charge in [0.05, 0.1) is 12.5 Å². The van der Waals surface area contributed by atoms with Crippen molar-refractivity contribution >= 4 is 11.2 Å². The van der Waals surface area contributed by atoms with E-state index in [9.17, 15) is 4.55 Å². The minimum Gasteiger partial charge on any atom is -0.857 e. The molecule has 0 saturated heterocycles. The quantitative estimate of drug-likeness (QED) is 0.249. The molecule has 0 heterocycles. The molecule has 0 bridgehead atoms. The fraction of sp³-hybridized carbons (Fsp3) is 1.00. The topological polar surface area (TPSA) is 46.1 Å². The van der Waals surface area contributed by atoms with E-state index in [1.54, 1.807) is 12.5 Å². The second-order valence-corrected chi connectivity index (χ2v) is 2.22. The molecular formula is C3H9NaO2S. The maximum absolute atomic E-state index is 9.56. The first-order chi connectivity index (χ1) is 2.73. The van der Waals surface area contributed by atoms with E-state index in [2.05, 4.69) is 0 Å². The van der Waals surface area contributed by atoms with Crippen LogP contribution >= 0.6 is 0 Å². The zero-order valence-corrected chi connectivity index (χ0v) is 8.04. The van der Waals surface area contributed by atoms with Crippen molar-refractivity contribution in [1.82, 2.24) is 0 Å². The van der Waals surface area contributed by atoms with Crippen molar-refractivity contribution in [3.05, 3.63) is 0 Å². The molecule has 0 fully saturated rings. The summed E-state index contributed by atoms with van der Waals surface area (Å²) in [5.74, 6) is 0. The van der Waals surface area contributed by atoms with Gasteiger partial charge >= 0.3 is 29.6 Å². The molecule has 0 aromatic carbocycles. The van der Waals surface area contributed by atoms with Gasteiger partial charge in [-0.3, -0.25) is 0 Å². The van der Waals surface area contributed by atoms with Crippen molar-refractivity contribution in [2.75, 3.05) is 19.6 Å². The Morgan fingerprint density at radius 1 is 1.14 bits per heavy atom. The molecule has 7 heavy (non-hydrogen) atoms. The molecule has 0 aromatic heterocycles. The van der Waals surface area contributed by atoms with Crippen molar-refractivity contribution in [2.24, 2.45) is 0 Å². The van der Waals surface area contributed by atoms with Gasteiger partial charge in [-0.25, -0.2) is 0 Å². The van der Waals surface area contributed by atoms with E-state index >= 15 is 0 Å². The Morgan fingerprint density at radius 2 is 1.14 bits per heavy atom. The van der Waals surface area contributed by atoms with Gasteiger partial charge in [0.15, 0.2) is 0 Å². The zero-order chi connectivity index (χ0) is 5.58. The Hall–Kier alpha value is 1.27. The van der Waals surface area contributed by atoms with Gasteiger partial charge in [0, 0.05) is 0 Å². The van der Waals surface area contributed by atoms with Gasteiger partial charge < -0.3 is 9.66 Å². The molecule has 40 valence electrons. The van der Waals surface area contributed by atoms with Crippen LogP contribution in [0.25, 0.3) is 0 Å². The van der Waals surface area contributed by atoms with E-state index in [0.29, 0.717) is 0 Å². The Kier molecular flexibility index (Phi) is 35.2. The molecule has 0 aromatic rings. The van der Waals surface area contributed by atoms with Crippen LogP contribution in [0.2, 0.25) is 0 Å². The maximum atomic E-state index is 9.56. The molecule has 4 heteroatoms. The number of hydrogen-bond donors (Lipinski definition) is 0. The van der Waals surface area contributed by atoms with Crippen LogP contribution in [0, 0.1) is 0 Å². The Morgan fingerprint density at radius 3 is 1.14 bits per heavy atom. The molecule has 0 spiro atoms. The molecule has 0 aliphatic rings. The molecule has 0 unspecified atom stereocenters. The number of rotatable bonds is 0. The summed E-state index contributed by atoms with van der Waals surface area (Å²) < 4.78 is 9.56.